The van der Waals surface area contributed by atoms with Gasteiger partial charge in [-0.15, -0.1) is 0 Å². The number of nitrogens with two attached hydrogens (primary N) is 1. The van der Waals surface area contributed by atoms with E-state index in [1.165, 1.54) is 6.92 Å². The van der Waals surface area contributed by atoms with Gasteiger partial charge in [0.05, 0.1) is 0 Å². The van der Waals surface area contributed by atoms with Gasteiger partial charge in [-0.2, -0.15) is 0 Å². The highest BCUT2D eigenvalue weighted by molar-refractivity contribution is 5.66. The zero-order valence-corrected chi connectivity index (χ0v) is 10.9. The van der Waals surface area contributed by atoms with Crippen LogP contribution >= 0.6 is 0 Å². The van der Waals surface area contributed by atoms with E-state index in [1.807, 2.05) is 60.7 Å². The summed E-state index contributed by atoms with van der Waals surface area (Å²) in [7, 11) is 0. The molecule has 0 amide bonds. The maximum Gasteiger partial charge on any atom is 0.304 e. The van der Waals surface area contributed by atoms with Crippen molar-refractivity contribution in [1.29, 1.82) is 0 Å². The zero-order valence-electron chi connectivity index (χ0n) is 10.9. The highest BCUT2D eigenvalue weighted by Gasteiger charge is 2.31. The Morgan fingerprint density at radius 1 is 1.05 bits per heavy atom. The van der Waals surface area contributed by atoms with Gasteiger partial charge in [-0.25, -0.2) is 0 Å². The number of hydrogen-bond acceptors (Lipinski definition) is 3. The third kappa shape index (κ3) is 3.42. The summed E-state index contributed by atoms with van der Waals surface area (Å²) >= 11 is 0. The zero-order chi connectivity index (χ0) is 13.7. The van der Waals surface area contributed by atoms with E-state index in [0.717, 1.165) is 11.1 Å². The van der Waals surface area contributed by atoms with Gasteiger partial charge in [-0.3, -0.25) is 10.5 Å². The highest BCUT2D eigenvalue weighted by Crippen LogP contribution is 2.24. The lowest BCUT2D eigenvalue weighted by Crippen LogP contribution is -2.43. The standard InChI is InChI=1S/C16H17NO2/c1-13(18)19-16(17,15-10-6-3-7-11-15)12-14-8-4-2-5-9-14/h2-11H,12,17H2,1H3. The van der Waals surface area contributed by atoms with Gasteiger partial charge >= 0.3 is 5.97 Å². The molecule has 0 aliphatic rings. The Hall–Kier alpha value is -2.13. The second-order valence-electron chi connectivity index (χ2n) is 4.51. The van der Waals surface area contributed by atoms with Crippen molar-refractivity contribution in [2.24, 2.45) is 5.73 Å². The van der Waals surface area contributed by atoms with Crippen molar-refractivity contribution < 1.29 is 9.53 Å². The molecule has 1 unspecified atom stereocenters. The first kappa shape index (κ1) is 13.3. The van der Waals surface area contributed by atoms with E-state index < -0.39 is 5.72 Å². The van der Waals surface area contributed by atoms with Crippen molar-refractivity contribution in [3.63, 3.8) is 0 Å². The largest absolute Gasteiger partial charge is 0.440 e. The molecular formula is C16H17NO2. The molecule has 2 N–H and O–H groups in total. The fourth-order valence-electron chi connectivity index (χ4n) is 2.07. The maximum atomic E-state index is 11.3. The molecule has 0 aliphatic heterocycles. The van der Waals surface area contributed by atoms with Crippen molar-refractivity contribution in [2.45, 2.75) is 19.1 Å². The number of carbonyl (C=O) groups excluding carboxylic acids is 1. The summed E-state index contributed by atoms with van der Waals surface area (Å²) in [6.45, 7) is 1.37. The van der Waals surface area contributed by atoms with E-state index in [-0.39, 0.29) is 5.97 Å². The van der Waals surface area contributed by atoms with Gasteiger partial charge in [0.1, 0.15) is 0 Å². The fourth-order valence-corrected chi connectivity index (χ4v) is 2.07. The van der Waals surface area contributed by atoms with Gasteiger partial charge in [0, 0.05) is 18.9 Å². The number of esters is 1. The average Bonchev–Trinajstić information content (AvgIpc) is 2.40. The van der Waals surface area contributed by atoms with Crippen LogP contribution in [0.2, 0.25) is 0 Å². The van der Waals surface area contributed by atoms with Gasteiger partial charge in [0.15, 0.2) is 5.72 Å². The Morgan fingerprint density at radius 2 is 1.58 bits per heavy atom. The smallest absolute Gasteiger partial charge is 0.304 e. The molecule has 2 rings (SSSR count). The lowest BCUT2D eigenvalue weighted by atomic mass is 9.95. The first-order valence-electron chi connectivity index (χ1n) is 6.18. The molecule has 0 radical (unpaired) electrons. The predicted molar refractivity (Wildman–Crippen MR) is 74.2 cm³/mol. The normalized spacial score (nSPS) is 13.6. The van der Waals surface area contributed by atoms with Crippen molar-refractivity contribution in [1.82, 2.24) is 0 Å². The predicted octanol–water partition coefficient (Wildman–Crippen LogP) is 2.60. The van der Waals surface area contributed by atoms with Crippen molar-refractivity contribution in [3.05, 3.63) is 71.8 Å². The fraction of sp³-hybridized carbons (Fsp3) is 0.188. The average molecular weight is 255 g/mol. The molecule has 0 saturated carbocycles. The van der Waals surface area contributed by atoms with Crippen LogP contribution in [0.25, 0.3) is 0 Å². The molecule has 0 fully saturated rings. The lowest BCUT2D eigenvalue weighted by molar-refractivity contribution is -0.157. The topological polar surface area (TPSA) is 52.3 Å². The van der Waals surface area contributed by atoms with Crippen LogP contribution in [0, 0.1) is 0 Å². The molecule has 0 heterocycles. The molecule has 1 atom stereocenters. The van der Waals surface area contributed by atoms with E-state index in [2.05, 4.69) is 0 Å². The van der Waals surface area contributed by atoms with Gasteiger partial charge in [-0.05, 0) is 5.56 Å². The lowest BCUT2D eigenvalue weighted by Gasteiger charge is -2.29. The molecule has 19 heavy (non-hydrogen) atoms. The summed E-state index contributed by atoms with van der Waals surface area (Å²) in [5.41, 5.74) is 6.99. The van der Waals surface area contributed by atoms with Crippen LogP contribution in [0.4, 0.5) is 0 Å². The molecule has 0 aromatic heterocycles. The Labute approximate surface area is 113 Å². The highest BCUT2D eigenvalue weighted by atomic mass is 16.6. The van der Waals surface area contributed by atoms with Gasteiger partial charge in [0.2, 0.25) is 0 Å². The van der Waals surface area contributed by atoms with E-state index in [1.54, 1.807) is 0 Å². The minimum Gasteiger partial charge on any atom is -0.440 e. The van der Waals surface area contributed by atoms with Crippen molar-refractivity contribution in [3.8, 4) is 0 Å². The van der Waals surface area contributed by atoms with E-state index in [4.69, 9.17) is 10.5 Å². The number of benzene rings is 2. The number of carbonyl (C=O) groups is 1. The van der Waals surface area contributed by atoms with Crippen LogP contribution in [0.3, 0.4) is 0 Å². The Bertz CT molecular complexity index is 539. The van der Waals surface area contributed by atoms with Crippen LogP contribution < -0.4 is 5.73 Å². The molecule has 0 spiro atoms. The third-order valence-electron chi connectivity index (χ3n) is 2.90. The van der Waals surface area contributed by atoms with Gasteiger partial charge < -0.3 is 4.74 Å². The first-order valence-corrected chi connectivity index (χ1v) is 6.18. The van der Waals surface area contributed by atoms with Crippen LogP contribution in [0.15, 0.2) is 60.7 Å². The SMILES string of the molecule is CC(=O)OC(N)(Cc1ccccc1)c1ccccc1. The molecule has 3 heteroatoms. The van der Waals surface area contributed by atoms with Crippen molar-refractivity contribution in [2.75, 3.05) is 0 Å². The van der Waals surface area contributed by atoms with E-state index in [9.17, 15) is 4.79 Å². The quantitative estimate of drug-likeness (QED) is 0.675. The molecule has 3 nitrogen and oxygen atoms in total. The monoisotopic (exact) mass is 255 g/mol. The molecule has 98 valence electrons. The van der Waals surface area contributed by atoms with E-state index in [0.29, 0.717) is 6.42 Å². The van der Waals surface area contributed by atoms with Gasteiger partial charge in [-0.1, -0.05) is 60.7 Å². The molecule has 0 saturated heterocycles. The van der Waals surface area contributed by atoms with Crippen LogP contribution in [-0.4, -0.2) is 5.97 Å². The maximum absolute atomic E-state index is 11.3. The summed E-state index contributed by atoms with van der Waals surface area (Å²) in [6, 6.07) is 19.1. The molecule has 2 aromatic rings. The minimum atomic E-state index is -1.13. The summed E-state index contributed by atoms with van der Waals surface area (Å²) in [6.07, 6.45) is 0.442. The van der Waals surface area contributed by atoms with Gasteiger partial charge in [0.25, 0.3) is 0 Å². The summed E-state index contributed by atoms with van der Waals surface area (Å²) in [4.78, 5) is 11.3. The van der Waals surface area contributed by atoms with E-state index >= 15 is 0 Å². The Morgan fingerprint density at radius 3 is 2.11 bits per heavy atom. The summed E-state index contributed by atoms with van der Waals surface area (Å²) < 4.78 is 5.37. The second kappa shape index (κ2) is 5.67. The summed E-state index contributed by atoms with van der Waals surface area (Å²) in [5, 5.41) is 0. The molecule has 0 aliphatic carbocycles. The molecule has 0 bridgehead atoms. The van der Waals surface area contributed by atoms with Crippen LogP contribution in [0.5, 0.6) is 0 Å². The molecular weight excluding hydrogens is 238 g/mol. The summed E-state index contributed by atoms with van der Waals surface area (Å²) in [5.74, 6) is -0.387. The first-order chi connectivity index (χ1) is 9.10. The number of ether oxygens (including phenoxy) is 1. The Balaban J connectivity index is 2.32. The van der Waals surface area contributed by atoms with Crippen molar-refractivity contribution >= 4 is 5.97 Å². The number of rotatable bonds is 4. The molecule has 2 aromatic carbocycles. The Kier molecular flexibility index (Phi) is 3.97. The van der Waals surface area contributed by atoms with Crippen LogP contribution in [-0.2, 0) is 21.7 Å². The minimum absolute atomic E-state index is 0.387. The number of hydrogen-bond donors (Lipinski definition) is 1. The second-order valence-corrected chi connectivity index (χ2v) is 4.51. The third-order valence-corrected chi connectivity index (χ3v) is 2.90. The van der Waals surface area contributed by atoms with Crippen LogP contribution in [0.1, 0.15) is 18.1 Å².